The van der Waals surface area contributed by atoms with Crippen LogP contribution in [0.3, 0.4) is 0 Å². The second-order valence-corrected chi connectivity index (χ2v) is 6.91. The van der Waals surface area contributed by atoms with E-state index >= 15 is 0 Å². The van der Waals surface area contributed by atoms with E-state index in [0.717, 1.165) is 22.3 Å². The minimum Gasteiger partial charge on any atom is -0.368 e. The van der Waals surface area contributed by atoms with Crippen molar-refractivity contribution in [2.45, 2.75) is 18.4 Å². The second kappa shape index (κ2) is 7.27. The lowest BCUT2D eigenvalue weighted by molar-refractivity contribution is -0.127. The lowest BCUT2D eigenvalue weighted by atomic mass is 9.88. The van der Waals surface area contributed by atoms with Gasteiger partial charge in [-0.25, -0.2) is 4.39 Å². The largest absolute Gasteiger partial charge is 0.368 e. The van der Waals surface area contributed by atoms with Crippen LogP contribution < -0.4 is 11.1 Å². The molecule has 0 aromatic heterocycles. The molecule has 0 spiro atoms. The summed E-state index contributed by atoms with van der Waals surface area (Å²) in [7, 11) is 0. The van der Waals surface area contributed by atoms with Crippen LogP contribution >= 0.6 is 0 Å². The van der Waals surface area contributed by atoms with Gasteiger partial charge >= 0.3 is 0 Å². The molecule has 5 heteroatoms. The SMILES string of the molecule is NC(=O)[C@@H](NC(=O)Cc1cccc(F)c1)C1c2ccccc2-c2ccccc21. The first-order valence-electron chi connectivity index (χ1n) is 9.06. The number of halogens is 1. The summed E-state index contributed by atoms with van der Waals surface area (Å²) in [6.07, 6.45) is -0.0302. The molecular weight excluding hydrogens is 355 g/mol. The van der Waals surface area contributed by atoms with Gasteiger partial charge in [0.2, 0.25) is 11.8 Å². The third kappa shape index (κ3) is 3.27. The van der Waals surface area contributed by atoms with E-state index in [1.807, 2.05) is 48.5 Å². The van der Waals surface area contributed by atoms with Crippen molar-refractivity contribution in [3.05, 3.63) is 95.3 Å². The van der Waals surface area contributed by atoms with E-state index < -0.39 is 17.8 Å². The summed E-state index contributed by atoms with van der Waals surface area (Å²) in [5.41, 5.74) is 10.2. The third-order valence-electron chi connectivity index (χ3n) is 5.09. The fourth-order valence-corrected chi connectivity index (χ4v) is 3.93. The van der Waals surface area contributed by atoms with Crippen LogP contribution in [-0.4, -0.2) is 17.9 Å². The standard InChI is InChI=1S/C23H19FN2O2/c24-15-7-5-6-14(12-15)13-20(27)26-22(23(25)28)21-18-10-3-1-8-16(18)17-9-2-4-11-19(17)21/h1-12,21-22H,13H2,(H2,25,28)(H,26,27)/t22-/m0/s1. The molecular formula is C23H19FN2O2. The molecule has 1 aliphatic rings. The molecule has 0 fully saturated rings. The quantitative estimate of drug-likeness (QED) is 0.720. The smallest absolute Gasteiger partial charge is 0.240 e. The van der Waals surface area contributed by atoms with E-state index in [1.54, 1.807) is 12.1 Å². The van der Waals surface area contributed by atoms with Gasteiger partial charge in [-0.05, 0) is 39.9 Å². The highest BCUT2D eigenvalue weighted by Gasteiger charge is 2.37. The first-order chi connectivity index (χ1) is 13.5. The lowest BCUT2D eigenvalue weighted by Crippen LogP contribution is -2.48. The highest BCUT2D eigenvalue weighted by atomic mass is 19.1. The summed E-state index contributed by atoms with van der Waals surface area (Å²) in [6, 6.07) is 20.6. The van der Waals surface area contributed by atoms with Crippen molar-refractivity contribution < 1.29 is 14.0 Å². The maximum atomic E-state index is 13.4. The molecule has 1 atom stereocenters. The minimum atomic E-state index is -0.897. The number of carbonyl (C=O) groups excluding carboxylic acids is 2. The summed E-state index contributed by atoms with van der Waals surface area (Å²) in [4.78, 5) is 24.9. The Balaban J connectivity index is 1.65. The number of nitrogens with two attached hydrogens (primary N) is 1. The Hall–Kier alpha value is -3.47. The molecule has 1 aliphatic carbocycles. The van der Waals surface area contributed by atoms with Gasteiger partial charge in [0.25, 0.3) is 0 Å². The van der Waals surface area contributed by atoms with Crippen molar-refractivity contribution in [1.82, 2.24) is 5.32 Å². The summed E-state index contributed by atoms with van der Waals surface area (Å²) in [5.74, 6) is -1.75. The molecule has 3 aromatic rings. The van der Waals surface area contributed by atoms with Gasteiger partial charge in [-0.1, -0.05) is 60.7 Å². The van der Waals surface area contributed by atoms with Gasteiger partial charge in [-0.15, -0.1) is 0 Å². The molecule has 0 bridgehead atoms. The first-order valence-corrected chi connectivity index (χ1v) is 9.06. The highest BCUT2D eigenvalue weighted by molar-refractivity contribution is 5.91. The Morgan fingerprint density at radius 3 is 2.11 bits per heavy atom. The van der Waals surface area contributed by atoms with E-state index in [1.165, 1.54) is 12.1 Å². The van der Waals surface area contributed by atoms with Crippen molar-refractivity contribution in [1.29, 1.82) is 0 Å². The Labute approximate surface area is 162 Å². The van der Waals surface area contributed by atoms with Crippen molar-refractivity contribution in [3.63, 3.8) is 0 Å². The summed E-state index contributed by atoms with van der Waals surface area (Å²) in [6.45, 7) is 0. The number of fused-ring (bicyclic) bond motifs is 3. The van der Waals surface area contributed by atoms with E-state index in [9.17, 15) is 14.0 Å². The van der Waals surface area contributed by atoms with Gasteiger partial charge in [0.15, 0.2) is 0 Å². The fraction of sp³-hybridized carbons (Fsp3) is 0.130. The summed E-state index contributed by atoms with van der Waals surface area (Å²) in [5, 5.41) is 2.77. The van der Waals surface area contributed by atoms with Crippen molar-refractivity contribution in [2.75, 3.05) is 0 Å². The number of nitrogens with one attached hydrogen (secondary N) is 1. The first kappa shape index (κ1) is 17.9. The number of benzene rings is 3. The molecule has 2 amide bonds. The zero-order chi connectivity index (χ0) is 19.7. The number of hydrogen-bond donors (Lipinski definition) is 2. The van der Waals surface area contributed by atoms with Crippen LogP contribution in [0.15, 0.2) is 72.8 Å². The van der Waals surface area contributed by atoms with Crippen LogP contribution in [0, 0.1) is 5.82 Å². The maximum absolute atomic E-state index is 13.4. The topological polar surface area (TPSA) is 72.2 Å². The minimum absolute atomic E-state index is 0.0302. The Morgan fingerprint density at radius 2 is 1.54 bits per heavy atom. The van der Waals surface area contributed by atoms with E-state index in [-0.39, 0.29) is 18.2 Å². The molecule has 28 heavy (non-hydrogen) atoms. The molecule has 0 unspecified atom stereocenters. The molecule has 0 aliphatic heterocycles. The van der Waals surface area contributed by atoms with E-state index in [0.29, 0.717) is 5.56 Å². The van der Waals surface area contributed by atoms with Gasteiger partial charge in [0.1, 0.15) is 11.9 Å². The summed E-state index contributed by atoms with van der Waals surface area (Å²) < 4.78 is 13.4. The molecule has 3 aromatic carbocycles. The van der Waals surface area contributed by atoms with Gasteiger partial charge in [0.05, 0.1) is 6.42 Å². The van der Waals surface area contributed by atoms with Crippen molar-refractivity contribution >= 4 is 11.8 Å². The zero-order valence-corrected chi connectivity index (χ0v) is 15.1. The van der Waals surface area contributed by atoms with Gasteiger partial charge < -0.3 is 11.1 Å². The third-order valence-corrected chi connectivity index (χ3v) is 5.09. The van der Waals surface area contributed by atoms with Gasteiger partial charge in [-0.2, -0.15) is 0 Å². The zero-order valence-electron chi connectivity index (χ0n) is 15.1. The van der Waals surface area contributed by atoms with Crippen LogP contribution in [0.5, 0.6) is 0 Å². The van der Waals surface area contributed by atoms with Gasteiger partial charge in [-0.3, -0.25) is 9.59 Å². The highest BCUT2D eigenvalue weighted by Crippen LogP contribution is 2.46. The average molecular weight is 374 g/mol. The maximum Gasteiger partial charge on any atom is 0.240 e. The van der Waals surface area contributed by atoms with Crippen molar-refractivity contribution in [2.24, 2.45) is 5.73 Å². The number of primary amides is 1. The Bertz CT molecular complexity index is 1020. The van der Waals surface area contributed by atoms with Gasteiger partial charge in [0, 0.05) is 5.92 Å². The molecule has 4 rings (SSSR count). The van der Waals surface area contributed by atoms with Crippen LogP contribution in [-0.2, 0) is 16.0 Å². The second-order valence-electron chi connectivity index (χ2n) is 6.91. The molecule has 0 saturated carbocycles. The van der Waals surface area contributed by atoms with Crippen LogP contribution in [0.2, 0.25) is 0 Å². The normalized spacial score (nSPS) is 13.5. The van der Waals surface area contributed by atoms with Crippen molar-refractivity contribution in [3.8, 4) is 11.1 Å². The molecule has 140 valence electrons. The molecule has 0 heterocycles. The predicted molar refractivity (Wildman–Crippen MR) is 105 cm³/mol. The number of hydrogen-bond acceptors (Lipinski definition) is 2. The van der Waals surface area contributed by atoms with Crippen LogP contribution in [0.25, 0.3) is 11.1 Å². The number of carbonyl (C=O) groups is 2. The monoisotopic (exact) mass is 374 g/mol. The molecule has 3 N–H and O–H groups in total. The van der Waals surface area contributed by atoms with Crippen LogP contribution in [0.1, 0.15) is 22.6 Å². The number of amides is 2. The molecule has 0 saturated heterocycles. The Morgan fingerprint density at radius 1 is 0.929 bits per heavy atom. The molecule has 0 radical (unpaired) electrons. The van der Waals surface area contributed by atoms with Crippen LogP contribution in [0.4, 0.5) is 4.39 Å². The lowest BCUT2D eigenvalue weighted by Gasteiger charge is -2.24. The fourth-order valence-electron chi connectivity index (χ4n) is 3.93. The predicted octanol–water partition coefficient (Wildman–Crippen LogP) is 3.15. The van der Waals surface area contributed by atoms with E-state index in [2.05, 4.69) is 5.32 Å². The van der Waals surface area contributed by atoms with E-state index in [4.69, 9.17) is 5.73 Å². The number of rotatable bonds is 5. The average Bonchev–Trinajstić information content (AvgIpc) is 3.00. The summed E-state index contributed by atoms with van der Waals surface area (Å²) >= 11 is 0. The Kier molecular flexibility index (Phi) is 4.65. The molecule has 4 nitrogen and oxygen atoms in total.